The third kappa shape index (κ3) is 2.02. The second kappa shape index (κ2) is 5.07. The first-order chi connectivity index (χ1) is 10.6. The van der Waals surface area contributed by atoms with Crippen molar-refractivity contribution in [3.8, 4) is 0 Å². The molecule has 1 amide bonds. The molecule has 0 aliphatic carbocycles. The van der Waals surface area contributed by atoms with Crippen LogP contribution in [0.3, 0.4) is 0 Å². The van der Waals surface area contributed by atoms with Crippen molar-refractivity contribution in [3.63, 3.8) is 0 Å². The smallest absolute Gasteiger partial charge is 0.326 e. The average Bonchev–Trinajstić information content (AvgIpc) is 3.20. The number of amides is 1. The molecular formula is C16H13NO3S2. The monoisotopic (exact) mass is 331 g/mol. The Morgan fingerprint density at radius 2 is 2.00 bits per heavy atom. The van der Waals surface area contributed by atoms with E-state index in [1.807, 2.05) is 18.2 Å². The Labute approximate surface area is 134 Å². The summed E-state index contributed by atoms with van der Waals surface area (Å²) in [5.74, 6) is -1.06. The summed E-state index contributed by atoms with van der Waals surface area (Å²) in [7, 11) is 0. The van der Waals surface area contributed by atoms with E-state index < -0.39 is 12.0 Å². The highest BCUT2D eigenvalue weighted by molar-refractivity contribution is 7.33. The van der Waals surface area contributed by atoms with Crippen molar-refractivity contribution in [2.24, 2.45) is 0 Å². The second-order valence-corrected chi connectivity index (χ2v) is 7.53. The number of carbonyl (C=O) groups excluding carboxylic acids is 1. The number of carbonyl (C=O) groups is 2. The number of nitrogens with zero attached hydrogens (tertiary/aromatic N) is 1. The Balaban J connectivity index is 1.74. The normalized spacial score (nSPS) is 18.4. The van der Waals surface area contributed by atoms with E-state index in [0.717, 1.165) is 15.8 Å². The van der Waals surface area contributed by atoms with Crippen molar-refractivity contribution in [3.05, 3.63) is 35.2 Å². The van der Waals surface area contributed by atoms with Crippen LogP contribution in [0.2, 0.25) is 0 Å². The molecule has 0 saturated carbocycles. The highest BCUT2D eigenvalue weighted by Crippen LogP contribution is 2.40. The van der Waals surface area contributed by atoms with Crippen LogP contribution in [0.4, 0.5) is 0 Å². The van der Waals surface area contributed by atoms with Crippen LogP contribution in [0.15, 0.2) is 30.3 Å². The van der Waals surface area contributed by atoms with E-state index in [0.29, 0.717) is 17.8 Å². The predicted molar refractivity (Wildman–Crippen MR) is 88.9 cm³/mol. The summed E-state index contributed by atoms with van der Waals surface area (Å²) in [5.41, 5.74) is 0. The maximum Gasteiger partial charge on any atom is 0.326 e. The molecule has 1 aliphatic rings. The van der Waals surface area contributed by atoms with E-state index in [9.17, 15) is 14.7 Å². The molecule has 3 heterocycles. The number of hydrogen-bond acceptors (Lipinski definition) is 4. The fraction of sp³-hybridized carbons (Fsp3) is 0.250. The quantitative estimate of drug-likeness (QED) is 0.777. The molecule has 1 saturated heterocycles. The largest absolute Gasteiger partial charge is 0.480 e. The third-order valence-electron chi connectivity index (χ3n) is 4.06. The number of benzene rings is 1. The molecule has 1 aliphatic heterocycles. The number of aliphatic carboxylic acids is 1. The van der Waals surface area contributed by atoms with Gasteiger partial charge in [-0.2, -0.15) is 0 Å². The van der Waals surface area contributed by atoms with Crippen LogP contribution >= 0.6 is 22.7 Å². The van der Waals surface area contributed by atoms with Gasteiger partial charge >= 0.3 is 5.97 Å². The van der Waals surface area contributed by atoms with Gasteiger partial charge in [-0.25, -0.2) is 4.79 Å². The van der Waals surface area contributed by atoms with E-state index in [4.69, 9.17) is 0 Å². The molecule has 0 spiro atoms. The molecule has 1 aromatic carbocycles. The van der Waals surface area contributed by atoms with Gasteiger partial charge in [0.25, 0.3) is 5.91 Å². The Morgan fingerprint density at radius 3 is 2.82 bits per heavy atom. The second-order valence-electron chi connectivity index (χ2n) is 5.40. The molecule has 1 N–H and O–H groups in total. The Hall–Kier alpha value is -1.92. The topological polar surface area (TPSA) is 57.6 Å². The number of likely N-dealkylation sites (tertiary alicyclic amines) is 1. The first-order valence-corrected chi connectivity index (χ1v) is 8.73. The standard InChI is InChI=1S/C16H13NO3S2/c18-15(17-7-3-5-10(17)16(19)20)13-8-12-14(22-13)9-4-1-2-6-11(9)21-12/h1-2,4,6,8,10H,3,5,7H2,(H,19,20). The van der Waals surface area contributed by atoms with Crippen molar-refractivity contribution in [2.45, 2.75) is 18.9 Å². The fourth-order valence-corrected chi connectivity index (χ4v) is 5.49. The summed E-state index contributed by atoms with van der Waals surface area (Å²) in [4.78, 5) is 26.0. The van der Waals surface area contributed by atoms with E-state index in [1.54, 1.807) is 11.3 Å². The van der Waals surface area contributed by atoms with Gasteiger partial charge in [0.2, 0.25) is 0 Å². The first kappa shape index (κ1) is 13.7. The van der Waals surface area contributed by atoms with Gasteiger partial charge in [-0.05, 0) is 25.0 Å². The molecule has 0 radical (unpaired) electrons. The summed E-state index contributed by atoms with van der Waals surface area (Å²) in [5, 5.41) is 10.4. The van der Waals surface area contributed by atoms with Gasteiger partial charge in [-0.15, -0.1) is 22.7 Å². The molecule has 1 unspecified atom stereocenters. The SMILES string of the molecule is O=C(O)C1CCCN1C(=O)c1cc2sc3ccccc3c2s1. The highest BCUT2D eigenvalue weighted by Gasteiger charge is 2.35. The number of fused-ring (bicyclic) bond motifs is 3. The minimum absolute atomic E-state index is 0.151. The molecular weight excluding hydrogens is 318 g/mol. The molecule has 3 aromatic rings. The van der Waals surface area contributed by atoms with E-state index in [1.165, 1.54) is 26.3 Å². The molecule has 22 heavy (non-hydrogen) atoms. The van der Waals surface area contributed by atoms with Crippen LogP contribution in [0.1, 0.15) is 22.5 Å². The van der Waals surface area contributed by atoms with Crippen molar-refractivity contribution < 1.29 is 14.7 Å². The average molecular weight is 331 g/mol. The maximum atomic E-state index is 12.6. The third-order valence-corrected chi connectivity index (χ3v) is 6.46. The van der Waals surface area contributed by atoms with Gasteiger partial charge in [0.05, 0.1) is 9.58 Å². The maximum absolute atomic E-state index is 12.6. The Bertz CT molecular complexity index is 895. The Morgan fingerprint density at radius 1 is 1.18 bits per heavy atom. The van der Waals surface area contributed by atoms with Crippen molar-refractivity contribution in [2.75, 3.05) is 6.54 Å². The number of hydrogen-bond donors (Lipinski definition) is 1. The van der Waals surface area contributed by atoms with E-state index in [2.05, 4.69) is 12.1 Å². The number of thiophene rings is 2. The molecule has 4 rings (SSSR count). The van der Waals surface area contributed by atoms with Gasteiger partial charge in [0, 0.05) is 21.3 Å². The zero-order valence-electron chi connectivity index (χ0n) is 11.6. The van der Waals surface area contributed by atoms with Gasteiger partial charge < -0.3 is 10.0 Å². The minimum atomic E-state index is -0.908. The van der Waals surface area contributed by atoms with Gasteiger partial charge in [-0.1, -0.05) is 18.2 Å². The zero-order chi connectivity index (χ0) is 15.3. The summed E-state index contributed by atoms with van der Waals surface area (Å²) in [6.07, 6.45) is 1.30. The summed E-state index contributed by atoms with van der Waals surface area (Å²) >= 11 is 3.14. The van der Waals surface area contributed by atoms with Gasteiger partial charge in [0.15, 0.2) is 0 Å². The van der Waals surface area contributed by atoms with Crippen LogP contribution in [0, 0.1) is 0 Å². The lowest BCUT2D eigenvalue weighted by Crippen LogP contribution is -2.40. The number of carboxylic acid groups (broad SMARTS) is 1. The molecule has 1 atom stereocenters. The first-order valence-electron chi connectivity index (χ1n) is 7.10. The molecule has 1 fully saturated rings. The minimum Gasteiger partial charge on any atom is -0.480 e. The fourth-order valence-electron chi connectivity index (χ4n) is 3.01. The van der Waals surface area contributed by atoms with E-state index in [-0.39, 0.29) is 5.91 Å². The lowest BCUT2D eigenvalue weighted by Gasteiger charge is -2.20. The summed E-state index contributed by atoms with van der Waals surface area (Å²) in [6.45, 7) is 0.530. The van der Waals surface area contributed by atoms with Crippen molar-refractivity contribution in [1.82, 2.24) is 4.90 Å². The highest BCUT2D eigenvalue weighted by atomic mass is 32.1. The van der Waals surface area contributed by atoms with Crippen LogP contribution in [0.25, 0.3) is 19.5 Å². The van der Waals surface area contributed by atoms with Gasteiger partial charge in [-0.3, -0.25) is 4.79 Å². The Kier molecular flexibility index (Phi) is 3.16. The van der Waals surface area contributed by atoms with Crippen LogP contribution in [-0.2, 0) is 4.79 Å². The van der Waals surface area contributed by atoms with Crippen molar-refractivity contribution in [1.29, 1.82) is 0 Å². The molecule has 2 aromatic heterocycles. The lowest BCUT2D eigenvalue weighted by atomic mass is 10.2. The lowest BCUT2D eigenvalue weighted by molar-refractivity contribution is -0.141. The number of carboxylic acids is 1. The van der Waals surface area contributed by atoms with Crippen LogP contribution < -0.4 is 0 Å². The van der Waals surface area contributed by atoms with Gasteiger partial charge in [0.1, 0.15) is 6.04 Å². The van der Waals surface area contributed by atoms with Crippen molar-refractivity contribution >= 4 is 54.0 Å². The zero-order valence-corrected chi connectivity index (χ0v) is 13.2. The molecule has 0 bridgehead atoms. The molecule has 112 valence electrons. The molecule has 6 heteroatoms. The molecule has 4 nitrogen and oxygen atoms in total. The van der Waals surface area contributed by atoms with E-state index >= 15 is 0 Å². The van der Waals surface area contributed by atoms with Crippen LogP contribution in [-0.4, -0.2) is 34.5 Å². The summed E-state index contributed by atoms with van der Waals surface area (Å²) < 4.78 is 3.43. The number of rotatable bonds is 2. The predicted octanol–water partition coefficient (Wildman–Crippen LogP) is 3.81. The van der Waals surface area contributed by atoms with Crippen LogP contribution in [0.5, 0.6) is 0 Å². The summed E-state index contributed by atoms with van der Waals surface area (Å²) in [6, 6.07) is 9.38.